The van der Waals surface area contributed by atoms with Crippen LogP contribution in [0.15, 0.2) is 40.9 Å². The third-order valence-corrected chi connectivity index (χ3v) is 2.88. The van der Waals surface area contributed by atoms with Gasteiger partial charge in [-0.15, -0.1) is 0 Å². The highest BCUT2D eigenvalue weighted by atomic mass is 35.5. The maximum Gasteiger partial charge on any atom is 0.247 e. The Morgan fingerprint density at radius 2 is 2.00 bits per heavy atom. The molecule has 0 unspecified atom stereocenters. The standard InChI is InChI=1S/C12H6Cl2N2O/c13-7-3-4-8(9(14)6-7)11-16-10-2-1-5-15-12(10)17-11/h1-6H. The second kappa shape index (κ2) is 4.02. The second-order valence-electron chi connectivity index (χ2n) is 3.47. The number of hydrogen-bond donors (Lipinski definition) is 0. The van der Waals surface area contributed by atoms with Gasteiger partial charge in [-0.25, -0.2) is 9.97 Å². The molecule has 3 aromatic rings. The summed E-state index contributed by atoms with van der Waals surface area (Å²) in [5.41, 5.74) is 1.90. The summed E-state index contributed by atoms with van der Waals surface area (Å²) < 4.78 is 5.53. The zero-order valence-electron chi connectivity index (χ0n) is 8.52. The molecule has 84 valence electrons. The summed E-state index contributed by atoms with van der Waals surface area (Å²) in [6.45, 7) is 0. The van der Waals surface area contributed by atoms with Gasteiger partial charge in [0.15, 0.2) is 0 Å². The molecular formula is C12H6Cl2N2O. The molecule has 0 N–H and O–H groups in total. The molecule has 0 saturated carbocycles. The van der Waals surface area contributed by atoms with Crippen LogP contribution in [0.25, 0.3) is 22.7 Å². The van der Waals surface area contributed by atoms with Gasteiger partial charge in [-0.2, -0.15) is 0 Å². The molecule has 0 aliphatic carbocycles. The third kappa shape index (κ3) is 1.88. The van der Waals surface area contributed by atoms with E-state index in [1.807, 2.05) is 6.07 Å². The number of halogens is 2. The lowest BCUT2D eigenvalue weighted by Crippen LogP contribution is -1.78. The molecule has 2 aromatic heterocycles. The Balaban J connectivity index is 2.20. The van der Waals surface area contributed by atoms with Crippen molar-refractivity contribution >= 4 is 34.4 Å². The molecule has 0 radical (unpaired) electrons. The highest BCUT2D eigenvalue weighted by Gasteiger charge is 2.11. The molecule has 3 rings (SSSR count). The molecule has 1 aromatic carbocycles. The third-order valence-electron chi connectivity index (χ3n) is 2.33. The number of rotatable bonds is 1. The van der Waals surface area contributed by atoms with Crippen LogP contribution in [-0.4, -0.2) is 9.97 Å². The van der Waals surface area contributed by atoms with Crippen LogP contribution in [0.5, 0.6) is 0 Å². The van der Waals surface area contributed by atoms with Gasteiger partial charge in [0, 0.05) is 11.2 Å². The largest absolute Gasteiger partial charge is 0.418 e. The summed E-state index contributed by atoms with van der Waals surface area (Å²) in [6.07, 6.45) is 1.65. The maximum absolute atomic E-state index is 6.09. The van der Waals surface area contributed by atoms with Crippen molar-refractivity contribution in [3.05, 3.63) is 46.6 Å². The number of aromatic nitrogens is 2. The molecule has 0 atom stereocenters. The van der Waals surface area contributed by atoms with Crippen LogP contribution >= 0.6 is 23.2 Å². The van der Waals surface area contributed by atoms with Crippen molar-refractivity contribution in [3.8, 4) is 11.5 Å². The van der Waals surface area contributed by atoms with E-state index in [1.165, 1.54) is 0 Å². The molecule has 3 nitrogen and oxygen atoms in total. The summed E-state index contributed by atoms with van der Waals surface area (Å²) in [5, 5.41) is 1.08. The van der Waals surface area contributed by atoms with Crippen LogP contribution in [0.1, 0.15) is 0 Å². The van der Waals surface area contributed by atoms with E-state index >= 15 is 0 Å². The Labute approximate surface area is 107 Å². The van der Waals surface area contributed by atoms with Crippen molar-refractivity contribution in [2.24, 2.45) is 0 Å². The van der Waals surface area contributed by atoms with Crippen LogP contribution in [0.3, 0.4) is 0 Å². The maximum atomic E-state index is 6.09. The number of nitrogens with zero attached hydrogens (tertiary/aromatic N) is 2. The average Bonchev–Trinajstić information content (AvgIpc) is 2.72. The van der Waals surface area contributed by atoms with Gasteiger partial charge in [-0.3, -0.25) is 0 Å². The highest BCUT2D eigenvalue weighted by Crippen LogP contribution is 2.31. The van der Waals surface area contributed by atoms with Crippen LogP contribution < -0.4 is 0 Å². The van der Waals surface area contributed by atoms with E-state index in [0.29, 0.717) is 32.7 Å². The van der Waals surface area contributed by atoms with Crippen molar-refractivity contribution < 1.29 is 4.42 Å². The Morgan fingerprint density at radius 3 is 2.76 bits per heavy atom. The molecule has 0 amide bonds. The predicted molar refractivity (Wildman–Crippen MR) is 67.3 cm³/mol. The van der Waals surface area contributed by atoms with Crippen molar-refractivity contribution in [1.29, 1.82) is 0 Å². The number of benzene rings is 1. The van der Waals surface area contributed by atoms with E-state index in [1.54, 1.807) is 30.5 Å². The van der Waals surface area contributed by atoms with E-state index in [0.717, 1.165) is 0 Å². The topological polar surface area (TPSA) is 38.9 Å². The molecule has 0 aliphatic heterocycles. The van der Waals surface area contributed by atoms with E-state index in [2.05, 4.69) is 9.97 Å². The molecular weight excluding hydrogens is 259 g/mol. The smallest absolute Gasteiger partial charge is 0.247 e. The van der Waals surface area contributed by atoms with Crippen LogP contribution in [0.4, 0.5) is 0 Å². The number of fused-ring (bicyclic) bond motifs is 1. The van der Waals surface area contributed by atoms with Crippen LogP contribution in [0, 0.1) is 0 Å². The zero-order chi connectivity index (χ0) is 11.8. The van der Waals surface area contributed by atoms with E-state index in [9.17, 15) is 0 Å². The van der Waals surface area contributed by atoms with Gasteiger partial charge in [0.05, 0.1) is 10.6 Å². The van der Waals surface area contributed by atoms with Gasteiger partial charge >= 0.3 is 0 Å². The van der Waals surface area contributed by atoms with Crippen LogP contribution in [0.2, 0.25) is 10.0 Å². The molecule has 0 fully saturated rings. The first-order valence-corrected chi connectivity index (χ1v) is 5.66. The fourth-order valence-corrected chi connectivity index (χ4v) is 2.04. The summed E-state index contributed by atoms with van der Waals surface area (Å²) in [6, 6.07) is 8.80. The Kier molecular flexibility index (Phi) is 2.50. The minimum absolute atomic E-state index is 0.445. The Hall–Kier alpha value is -1.58. The van der Waals surface area contributed by atoms with Gasteiger partial charge in [-0.05, 0) is 30.3 Å². The fourth-order valence-electron chi connectivity index (χ4n) is 1.55. The average molecular weight is 265 g/mol. The van der Waals surface area contributed by atoms with E-state index in [-0.39, 0.29) is 0 Å². The van der Waals surface area contributed by atoms with Crippen molar-refractivity contribution in [2.75, 3.05) is 0 Å². The first-order valence-electron chi connectivity index (χ1n) is 4.91. The first kappa shape index (κ1) is 10.6. The number of oxazole rings is 1. The lowest BCUT2D eigenvalue weighted by atomic mass is 10.2. The lowest BCUT2D eigenvalue weighted by Gasteiger charge is -1.98. The second-order valence-corrected chi connectivity index (χ2v) is 4.31. The molecule has 0 aliphatic rings. The van der Waals surface area contributed by atoms with Crippen molar-refractivity contribution in [3.63, 3.8) is 0 Å². The molecule has 0 saturated heterocycles. The van der Waals surface area contributed by atoms with Gasteiger partial charge in [0.2, 0.25) is 11.6 Å². The molecule has 5 heteroatoms. The normalized spacial score (nSPS) is 10.9. The quantitative estimate of drug-likeness (QED) is 0.662. The van der Waals surface area contributed by atoms with Gasteiger partial charge in [0.1, 0.15) is 5.52 Å². The first-order chi connectivity index (χ1) is 8.24. The summed E-state index contributed by atoms with van der Waals surface area (Å²) in [4.78, 5) is 8.39. The predicted octanol–water partition coefficient (Wildman–Crippen LogP) is 4.20. The number of hydrogen-bond acceptors (Lipinski definition) is 3. The van der Waals surface area contributed by atoms with Crippen molar-refractivity contribution in [1.82, 2.24) is 9.97 Å². The summed E-state index contributed by atoms with van der Waals surface area (Å²) in [5.74, 6) is 0.445. The van der Waals surface area contributed by atoms with Crippen molar-refractivity contribution in [2.45, 2.75) is 0 Å². The number of pyridine rings is 1. The molecule has 0 spiro atoms. The zero-order valence-corrected chi connectivity index (χ0v) is 10.0. The molecule has 2 heterocycles. The highest BCUT2D eigenvalue weighted by molar-refractivity contribution is 6.36. The molecule has 17 heavy (non-hydrogen) atoms. The Morgan fingerprint density at radius 1 is 1.12 bits per heavy atom. The summed E-state index contributed by atoms with van der Waals surface area (Å²) in [7, 11) is 0. The van der Waals surface area contributed by atoms with E-state index < -0.39 is 0 Å². The monoisotopic (exact) mass is 264 g/mol. The minimum atomic E-state index is 0.445. The van der Waals surface area contributed by atoms with Gasteiger partial charge in [0.25, 0.3) is 0 Å². The Bertz CT molecular complexity index is 661. The van der Waals surface area contributed by atoms with Crippen LogP contribution in [-0.2, 0) is 0 Å². The SMILES string of the molecule is Clc1ccc(-c2nc3cccnc3o2)c(Cl)c1. The lowest BCUT2D eigenvalue weighted by molar-refractivity contribution is 0.608. The van der Waals surface area contributed by atoms with Gasteiger partial charge < -0.3 is 4.42 Å². The summed E-state index contributed by atoms with van der Waals surface area (Å²) >= 11 is 11.9. The fraction of sp³-hybridized carbons (Fsp3) is 0. The van der Waals surface area contributed by atoms with Gasteiger partial charge in [-0.1, -0.05) is 23.2 Å². The minimum Gasteiger partial charge on any atom is -0.418 e. The van der Waals surface area contributed by atoms with E-state index in [4.69, 9.17) is 27.6 Å². The molecule has 0 bridgehead atoms.